The Morgan fingerprint density at radius 3 is 2.44 bits per heavy atom. The molecule has 0 amide bonds. The first-order valence-electron chi connectivity index (χ1n) is 12.9. The van der Waals surface area contributed by atoms with Crippen LogP contribution in [0.1, 0.15) is 57.7 Å². The predicted octanol–water partition coefficient (Wildman–Crippen LogP) is 5.93. The normalized spacial score (nSPS) is 14.7. The summed E-state index contributed by atoms with van der Waals surface area (Å²) in [4.78, 5) is 2.31. The minimum atomic E-state index is -0.580. The molecule has 0 saturated heterocycles. The van der Waals surface area contributed by atoms with Crippen LogP contribution in [0.4, 0.5) is 4.39 Å². The second kappa shape index (κ2) is 12.0. The van der Waals surface area contributed by atoms with Gasteiger partial charge in [0.2, 0.25) is 5.88 Å². The third-order valence-corrected chi connectivity index (χ3v) is 6.16. The minimum Gasteiger partial charge on any atom is -0.438 e. The Kier molecular flexibility index (Phi) is 8.77. The average molecular weight is 496 g/mol. The Bertz CT molecular complexity index is 1110. The van der Waals surface area contributed by atoms with E-state index in [9.17, 15) is 9.50 Å². The number of benzene rings is 2. The molecule has 1 heterocycles. The molecule has 4 rings (SSSR count). The largest absolute Gasteiger partial charge is 0.438 e. The first-order chi connectivity index (χ1) is 17.3. The number of aliphatic hydroxyl groups excluding tert-OH is 1. The van der Waals surface area contributed by atoms with Gasteiger partial charge in [-0.25, -0.2) is 9.07 Å². The van der Waals surface area contributed by atoms with Crippen LogP contribution in [0.5, 0.6) is 11.6 Å². The van der Waals surface area contributed by atoms with E-state index in [0.717, 1.165) is 29.8 Å². The van der Waals surface area contributed by atoms with Gasteiger partial charge >= 0.3 is 0 Å². The molecule has 7 heteroatoms. The molecule has 0 bridgehead atoms. The summed E-state index contributed by atoms with van der Waals surface area (Å²) in [6.45, 7) is 10.5. The molecule has 194 valence electrons. The second-order valence-electron chi connectivity index (χ2n) is 10.4. The summed E-state index contributed by atoms with van der Waals surface area (Å²) in [6.07, 6.45) is 1.62. The molecule has 1 aliphatic rings. The predicted molar refractivity (Wildman–Crippen MR) is 139 cm³/mol. The second-order valence-corrected chi connectivity index (χ2v) is 10.4. The lowest BCUT2D eigenvalue weighted by Crippen LogP contribution is -2.36. The van der Waals surface area contributed by atoms with Crippen molar-refractivity contribution in [3.05, 3.63) is 71.7 Å². The third-order valence-electron chi connectivity index (χ3n) is 6.16. The number of aliphatic hydroxyl groups is 1. The summed E-state index contributed by atoms with van der Waals surface area (Å²) in [5.41, 5.74) is 2.76. The molecule has 1 aromatic heterocycles. The van der Waals surface area contributed by atoms with Gasteiger partial charge in [-0.3, -0.25) is 4.90 Å². The van der Waals surface area contributed by atoms with E-state index in [1.165, 1.54) is 12.1 Å². The third kappa shape index (κ3) is 6.93. The molecule has 0 aliphatic heterocycles. The van der Waals surface area contributed by atoms with Gasteiger partial charge in [0.25, 0.3) is 0 Å². The summed E-state index contributed by atoms with van der Waals surface area (Å²) in [5, 5.41) is 15.7. The summed E-state index contributed by atoms with van der Waals surface area (Å²) < 4.78 is 27.8. The van der Waals surface area contributed by atoms with Gasteiger partial charge in [-0.15, -0.1) is 0 Å². The molecule has 1 aliphatic carbocycles. The van der Waals surface area contributed by atoms with Gasteiger partial charge in [0.15, 0.2) is 0 Å². The molecule has 1 atom stereocenters. The van der Waals surface area contributed by atoms with Crippen molar-refractivity contribution in [2.24, 2.45) is 5.92 Å². The minimum absolute atomic E-state index is 0.153. The maximum atomic E-state index is 14.0. The van der Waals surface area contributed by atoms with Gasteiger partial charge in [0.1, 0.15) is 11.6 Å². The molecule has 0 radical (unpaired) electrons. The highest BCUT2D eigenvalue weighted by molar-refractivity contribution is 5.44. The Hall–Kier alpha value is -2.74. The first kappa shape index (κ1) is 26.3. The lowest BCUT2D eigenvalue weighted by Gasteiger charge is -2.26. The fraction of sp³-hybridized carbons (Fsp3) is 0.483. The highest BCUT2D eigenvalue weighted by atomic mass is 19.1. The smallest absolute Gasteiger partial charge is 0.227 e. The van der Waals surface area contributed by atoms with Crippen LogP contribution in [0.15, 0.2) is 54.6 Å². The number of aromatic nitrogens is 2. The van der Waals surface area contributed by atoms with Crippen molar-refractivity contribution in [3.8, 4) is 17.3 Å². The highest BCUT2D eigenvalue weighted by Crippen LogP contribution is 2.37. The topological polar surface area (TPSA) is 59.8 Å². The molecule has 3 aromatic rings. The van der Waals surface area contributed by atoms with Crippen molar-refractivity contribution in [2.75, 3.05) is 19.8 Å². The van der Waals surface area contributed by atoms with Crippen molar-refractivity contribution in [1.29, 1.82) is 0 Å². The van der Waals surface area contributed by atoms with E-state index >= 15 is 0 Å². The Labute approximate surface area is 213 Å². The van der Waals surface area contributed by atoms with Crippen LogP contribution in [-0.2, 0) is 11.3 Å². The zero-order valence-corrected chi connectivity index (χ0v) is 21.7. The van der Waals surface area contributed by atoms with E-state index in [1.807, 2.05) is 35.0 Å². The number of ether oxygens (including phenoxy) is 2. The van der Waals surface area contributed by atoms with Gasteiger partial charge in [-0.2, -0.15) is 5.10 Å². The van der Waals surface area contributed by atoms with Crippen LogP contribution in [0.25, 0.3) is 5.69 Å². The molecule has 1 N–H and O–H groups in total. The molecular weight excluding hydrogens is 457 g/mol. The quantitative estimate of drug-likeness (QED) is 0.319. The van der Waals surface area contributed by atoms with Crippen molar-refractivity contribution < 1.29 is 19.0 Å². The summed E-state index contributed by atoms with van der Waals surface area (Å²) in [5.74, 6) is 1.22. The Balaban J connectivity index is 1.67. The zero-order chi connectivity index (χ0) is 25.7. The molecule has 1 saturated carbocycles. The number of hydrogen-bond acceptors (Lipinski definition) is 5. The number of rotatable bonds is 13. The lowest BCUT2D eigenvalue weighted by atomic mass is 10.1. The summed E-state index contributed by atoms with van der Waals surface area (Å²) >= 11 is 0. The van der Waals surface area contributed by atoms with Crippen molar-refractivity contribution in [1.82, 2.24) is 14.7 Å². The van der Waals surface area contributed by atoms with E-state index in [4.69, 9.17) is 14.6 Å². The monoisotopic (exact) mass is 495 g/mol. The van der Waals surface area contributed by atoms with Gasteiger partial charge in [-0.05, 0) is 48.9 Å². The first-order valence-corrected chi connectivity index (χ1v) is 12.9. The van der Waals surface area contributed by atoms with Crippen LogP contribution < -0.4 is 4.74 Å². The maximum absolute atomic E-state index is 14.0. The van der Waals surface area contributed by atoms with Gasteiger partial charge in [0, 0.05) is 31.8 Å². The fourth-order valence-electron chi connectivity index (χ4n) is 4.30. The van der Waals surface area contributed by atoms with Gasteiger partial charge in [0.05, 0.1) is 29.7 Å². The molecule has 0 spiro atoms. The zero-order valence-electron chi connectivity index (χ0n) is 21.7. The van der Waals surface area contributed by atoms with Crippen LogP contribution in [0.3, 0.4) is 0 Å². The molecule has 2 aromatic carbocycles. The SMILES string of the molecule is CC(C)COC[C@H](O)CN(Cc1c(C(C)C)nn(-c2ccccc2)c1Oc1cccc(F)c1)C1CC1. The van der Waals surface area contributed by atoms with Crippen molar-refractivity contribution >= 4 is 0 Å². The summed E-state index contributed by atoms with van der Waals surface area (Å²) in [6, 6.07) is 16.4. The fourth-order valence-corrected chi connectivity index (χ4v) is 4.30. The molecule has 0 unspecified atom stereocenters. The Morgan fingerprint density at radius 1 is 1.06 bits per heavy atom. The number of para-hydroxylation sites is 1. The van der Waals surface area contributed by atoms with Crippen LogP contribution in [-0.4, -0.2) is 51.7 Å². The van der Waals surface area contributed by atoms with E-state index in [2.05, 4.69) is 32.6 Å². The van der Waals surface area contributed by atoms with Crippen LogP contribution >= 0.6 is 0 Å². The standard InChI is InChI=1S/C29H38FN3O3/c1-20(2)18-35-19-25(34)16-32(23-13-14-23)17-27-28(21(3)4)31-33(24-10-6-5-7-11-24)29(27)36-26-12-8-9-22(30)15-26/h5-12,15,20-21,23,25,34H,13-14,16-19H2,1-4H3/t25-/m1/s1. The van der Waals surface area contributed by atoms with Crippen LogP contribution in [0, 0.1) is 11.7 Å². The number of hydrogen-bond donors (Lipinski definition) is 1. The molecular formula is C29H38FN3O3. The number of nitrogens with zero attached hydrogens (tertiary/aromatic N) is 3. The molecule has 1 fully saturated rings. The van der Waals surface area contributed by atoms with Gasteiger partial charge < -0.3 is 14.6 Å². The highest BCUT2D eigenvalue weighted by Gasteiger charge is 2.33. The van der Waals surface area contributed by atoms with Crippen molar-refractivity contribution in [3.63, 3.8) is 0 Å². The molecule has 6 nitrogen and oxygen atoms in total. The maximum Gasteiger partial charge on any atom is 0.227 e. The number of halogens is 1. The lowest BCUT2D eigenvalue weighted by molar-refractivity contribution is 0.00534. The summed E-state index contributed by atoms with van der Waals surface area (Å²) in [7, 11) is 0. The molecule has 36 heavy (non-hydrogen) atoms. The van der Waals surface area contributed by atoms with Crippen molar-refractivity contribution in [2.45, 2.75) is 65.1 Å². The Morgan fingerprint density at radius 2 is 1.81 bits per heavy atom. The van der Waals surface area contributed by atoms with E-state index in [-0.39, 0.29) is 11.7 Å². The van der Waals surface area contributed by atoms with E-state index < -0.39 is 6.10 Å². The van der Waals surface area contributed by atoms with Gasteiger partial charge in [-0.1, -0.05) is 52.0 Å². The van der Waals surface area contributed by atoms with E-state index in [0.29, 0.717) is 49.9 Å². The van der Waals surface area contributed by atoms with Crippen LogP contribution in [0.2, 0.25) is 0 Å². The average Bonchev–Trinajstić information content (AvgIpc) is 3.62. The van der Waals surface area contributed by atoms with E-state index in [1.54, 1.807) is 12.1 Å².